The van der Waals surface area contributed by atoms with E-state index in [0.717, 1.165) is 10.2 Å². The summed E-state index contributed by atoms with van der Waals surface area (Å²) in [5.41, 5.74) is 0.569. The van der Waals surface area contributed by atoms with Gasteiger partial charge in [-0.05, 0) is 24.3 Å². The summed E-state index contributed by atoms with van der Waals surface area (Å²) in [6.45, 7) is 0.675. The fraction of sp³-hybridized carbons (Fsp3) is 0.182. The fourth-order valence-electron chi connectivity index (χ4n) is 1.29. The van der Waals surface area contributed by atoms with E-state index in [-0.39, 0.29) is 0 Å². The van der Waals surface area contributed by atoms with Gasteiger partial charge in [0, 0.05) is 15.9 Å². The molecule has 94 valence electrons. The summed E-state index contributed by atoms with van der Waals surface area (Å²) in [7, 11) is 0. The molecule has 0 atom stereocenters. The number of carbonyl (C=O) groups excluding carboxylic acids is 2. The van der Waals surface area contributed by atoms with E-state index in [1.54, 1.807) is 24.3 Å². The molecule has 0 unspecified atom stereocenters. The first-order chi connectivity index (χ1) is 8.65. The van der Waals surface area contributed by atoms with Crippen LogP contribution in [0.5, 0.6) is 0 Å². The summed E-state index contributed by atoms with van der Waals surface area (Å²) >= 11 is 4.72. The van der Waals surface area contributed by atoms with Crippen LogP contribution in [-0.2, 0) is 9.59 Å². The Kier molecular flexibility index (Phi) is 4.38. The standard InChI is InChI=1S/C11H10BrN3O2S/c12-7-1-3-8(4-2-7)14-9(16)10(17)15-11-13-5-6-18-11/h1-4H,5-6H2,(H,14,16)(H,13,15,17). The summed E-state index contributed by atoms with van der Waals surface area (Å²) in [5, 5.41) is 5.48. The largest absolute Gasteiger partial charge is 0.318 e. The molecule has 2 rings (SSSR count). The lowest BCUT2D eigenvalue weighted by Crippen LogP contribution is -2.37. The van der Waals surface area contributed by atoms with Gasteiger partial charge in [0.15, 0.2) is 5.17 Å². The van der Waals surface area contributed by atoms with Crippen molar-refractivity contribution in [1.82, 2.24) is 5.32 Å². The van der Waals surface area contributed by atoms with Crippen molar-refractivity contribution in [1.29, 1.82) is 0 Å². The highest BCUT2D eigenvalue weighted by Gasteiger charge is 2.17. The number of nitrogens with zero attached hydrogens (tertiary/aromatic N) is 1. The van der Waals surface area contributed by atoms with Gasteiger partial charge >= 0.3 is 11.8 Å². The Balaban J connectivity index is 1.90. The van der Waals surface area contributed by atoms with Crippen LogP contribution in [0.4, 0.5) is 5.69 Å². The van der Waals surface area contributed by atoms with Gasteiger partial charge in [-0.3, -0.25) is 19.9 Å². The lowest BCUT2D eigenvalue weighted by atomic mass is 10.3. The summed E-state index contributed by atoms with van der Waals surface area (Å²) in [6, 6.07) is 6.98. The zero-order chi connectivity index (χ0) is 13.0. The average Bonchev–Trinajstić information content (AvgIpc) is 2.85. The van der Waals surface area contributed by atoms with Crippen molar-refractivity contribution in [2.75, 3.05) is 17.6 Å². The van der Waals surface area contributed by atoms with E-state index in [2.05, 4.69) is 31.6 Å². The zero-order valence-corrected chi connectivity index (χ0v) is 11.7. The number of rotatable bonds is 1. The van der Waals surface area contributed by atoms with Gasteiger partial charge in [0.05, 0.1) is 6.54 Å². The molecule has 1 aliphatic heterocycles. The van der Waals surface area contributed by atoms with Crippen molar-refractivity contribution < 1.29 is 9.59 Å². The number of hydrogen-bond donors (Lipinski definition) is 2. The minimum atomic E-state index is -0.703. The molecule has 0 spiro atoms. The highest BCUT2D eigenvalue weighted by atomic mass is 79.9. The van der Waals surface area contributed by atoms with Crippen LogP contribution < -0.4 is 10.6 Å². The molecule has 0 saturated carbocycles. The molecule has 7 heteroatoms. The highest BCUT2D eigenvalue weighted by Crippen LogP contribution is 2.14. The number of aliphatic imine (C=N–C) groups is 1. The number of hydrogen-bond acceptors (Lipinski definition) is 4. The molecule has 1 aromatic rings. The predicted octanol–water partition coefficient (Wildman–Crippen LogP) is 1.61. The minimum absolute atomic E-state index is 0.506. The lowest BCUT2D eigenvalue weighted by Gasteiger charge is -2.05. The van der Waals surface area contributed by atoms with Crippen molar-refractivity contribution in [2.24, 2.45) is 4.99 Å². The van der Waals surface area contributed by atoms with Crippen LogP contribution >= 0.6 is 27.7 Å². The van der Waals surface area contributed by atoms with E-state index >= 15 is 0 Å². The first-order valence-electron chi connectivity index (χ1n) is 5.20. The Morgan fingerprint density at radius 1 is 1.17 bits per heavy atom. The van der Waals surface area contributed by atoms with Gasteiger partial charge in [-0.2, -0.15) is 0 Å². The third kappa shape index (κ3) is 3.58. The van der Waals surface area contributed by atoms with Crippen LogP contribution in [0.2, 0.25) is 0 Å². The molecule has 0 radical (unpaired) electrons. The number of carbonyl (C=O) groups is 2. The first-order valence-corrected chi connectivity index (χ1v) is 6.98. The van der Waals surface area contributed by atoms with Crippen LogP contribution in [0.1, 0.15) is 0 Å². The molecular weight excluding hydrogens is 318 g/mol. The maximum atomic E-state index is 11.6. The van der Waals surface area contributed by atoms with Crippen LogP contribution in [0, 0.1) is 0 Å². The van der Waals surface area contributed by atoms with Crippen LogP contribution in [0.3, 0.4) is 0 Å². The van der Waals surface area contributed by atoms with Crippen molar-refractivity contribution in [3.8, 4) is 0 Å². The van der Waals surface area contributed by atoms with Crippen molar-refractivity contribution in [3.05, 3.63) is 28.7 Å². The Hall–Kier alpha value is -1.34. The van der Waals surface area contributed by atoms with Gasteiger partial charge in [-0.25, -0.2) is 0 Å². The molecule has 0 fully saturated rings. The molecule has 1 aliphatic rings. The third-order valence-electron chi connectivity index (χ3n) is 2.11. The number of halogens is 1. The molecule has 18 heavy (non-hydrogen) atoms. The average molecular weight is 328 g/mol. The molecule has 2 N–H and O–H groups in total. The monoisotopic (exact) mass is 327 g/mol. The molecule has 0 aliphatic carbocycles. The van der Waals surface area contributed by atoms with E-state index in [9.17, 15) is 9.59 Å². The Labute approximate surface area is 117 Å². The second-order valence-electron chi connectivity index (χ2n) is 3.45. The minimum Gasteiger partial charge on any atom is -0.318 e. The topological polar surface area (TPSA) is 70.6 Å². The van der Waals surface area contributed by atoms with Gasteiger partial charge in [0.2, 0.25) is 0 Å². The first kappa shape index (κ1) is 13.1. The van der Waals surface area contributed by atoms with Gasteiger partial charge < -0.3 is 5.32 Å². The Morgan fingerprint density at radius 2 is 1.83 bits per heavy atom. The van der Waals surface area contributed by atoms with Crippen LogP contribution in [-0.4, -0.2) is 29.3 Å². The molecule has 1 heterocycles. The van der Waals surface area contributed by atoms with E-state index in [1.165, 1.54) is 11.8 Å². The van der Waals surface area contributed by atoms with Gasteiger partial charge in [0.1, 0.15) is 0 Å². The molecule has 0 bridgehead atoms. The molecule has 1 aromatic carbocycles. The van der Waals surface area contributed by atoms with E-state index in [4.69, 9.17) is 0 Å². The van der Waals surface area contributed by atoms with Gasteiger partial charge in [-0.15, -0.1) is 0 Å². The molecule has 0 saturated heterocycles. The van der Waals surface area contributed by atoms with Crippen molar-refractivity contribution in [2.45, 2.75) is 0 Å². The third-order valence-corrected chi connectivity index (χ3v) is 3.53. The zero-order valence-electron chi connectivity index (χ0n) is 9.27. The predicted molar refractivity (Wildman–Crippen MR) is 75.7 cm³/mol. The van der Waals surface area contributed by atoms with E-state index in [1.807, 2.05) is 0 Å². The summed E-state index contributed by atoms with van der Waals surface area (Å²) in [6.07, 6.45) is 0. The Bertz CT molecular complexity index is 502. The number of nitrogens with one attached hydrogen (secondary N) is 2. The fourth-order valence-corrected chi connectivity index (χ4v) is 2.27. The second kappa shape index (κ2) is 6.01. The molecule has 5 nitrogen and oxygen atoms in total. The van der Waals surface area contributed by atoms with Crippen LogP contribution in [0.15, 0.2) is 33.7 Å². The number of anilines is 1. The molecule has 2 amide bonds. The smallest absolute Gasteiger partial charge is 0.315 e. The Morgan fingerprint density at radius 3 is 2.44 bits per heavy atom. The SMILES string of the molecule is O=C(NC1=NCCS1)C(=O)Nc1ccc(Br)cc1. The second-order valence-corrected chi connectivity index (χ2v) is 5.45. The number of amidine groups is 1. The molecule has 0 aromatic heterocycles. The maximum absolute atomic E-state index is 11.6. The van der Waals surface area contributed by atoms with Gasteiger partial charge in [-0.1, -0.05) is 27.7 Å². The van der Waals surface area contributed by atoms with Crippen molar-refractivity contribution >= 4 is 50.4 Å². The summed E-state index contributed by atoms with van der Waals surface area (Å²) in [5.74, 6) is -0.567. The lowest BCUT2D eigenvalue weighted by molar-refractivity contribution is -0.135. The quantitative estimate of drug-likeness (QED) is 0.770. The van der Waals surface area contributed by atoms with E-state index < -0.39 is 11.8 Å². The number of amides is 2. The summed E-state index contributed by atoms with van der Waals surface area (Å²) in [4.78, 5) is 27.2. The normalized spacial score (nSPS) is 13.9. The maximum Gasteiger partial charge on any atom is 0.315 e. The van der Waals surface area contributed by atoms with Crippen LogP contribution in [0.25, 0.3) is 0 Å². The van der Waals surface area contributed by atoms with Crippen molar-refractivity contribution in [3.63, 3.8) is 0 Å². The van der Waals surface area contributed by atoms with Gasteiger partial charge in [0.25, 0.3) is 0 Å². The van der Waals surface area contributed by atoms with E-state index in [0.29, 0.717) is 17.4 Å². The highest BCUT2D eigenvalue weighted by molar-refractivity contribution is 9.10. The number of thioether (sulfide) groups is 1. The number of benzene rings is 1. The molecular formula is C11H10BrN3O2S. The summed E-state index contributed by atoms with van der Waals surface area (Å²) < 4.78 is 0.904.